The normalized spacial score (nSPS) is 15.9. The molecule has 0 spiro atoms. The molecular weight excluding hydrogens is 173 g/mol. The average molecular weight is 184 g/mol. The first-order chi connectivity index (χ1) is 5.37. The van der Waals surface area contributed by atoms with Crippen LogP contribution in [0.2, 0.25) is 0 Å². The molecule has 0 aliphatic rings. The highest BCUT2D eigenvalue weighted by molar-refractivity contribution is 5.04. The van der Waals surface area contributed by atoms with Gasteiger partial charge in [-0.05, 0) is 0 Å². The average Bonchev–Trinajstić information content (AvgIpc) is 1.84. The molecule has 0 saturated heterocycles. The summed E-state index contributed by atoms with van der Waals surface area (Å²) in [4.78, 5) is 0. The number of nitrogens with one attached hydrogen (secondary N) is 1. The zero-order valence-corrected chi connectivity index (χ0v) is 6.23. The Hall–Kier alpha value is -0.950. The maximum atomic E-state index is 11.7. The zero-order valence-electron chi connectivity index (χ0n) is 6.23. The second-order valence-electron chi connectivity index (χ2n) is 2.24. The predicted molar refractivity (Wildman–Crippen MR) is 38.2 cm³/mol. The van der Waals surface area contributed by atoms with E-state index < -0.39 is 18.6 Å². The minimum Gasteiger partial charge on any atom is -0.400 e. The molecule has 72 valence electrons. The van der Waals surface area contributed by atoms with Crippen molar-refractivity contribution in [3.63, 3.8) is 0 Å². The quantitative estimate of drug-likeness (QED) is 0.352. The predicted octanol–water partition coefficient (Wildman–Crippen LogP) is -0.470. The maximum Gasteiger partial charge on any atom is 0.390 e. The van der Waals surface area contributed by atoms with Gasteiger partial charge in [0.1, 0.15) is 0 Å². The molecule has 0 radical (unpaired) electrons. The Morgan fingerprint density at radius 3 is 2.33 bits per heavy atom. The fraction of sp³-hybridized carbons (Fsp3) is 0.600. The summed E-state index contributed by atoms with van der Waals surface area (Å²) in [7, 11) is 0. The lowest BCUT2D eigenvalue weighted by atomic mass is 10.1. The highest BCUT2D eigenvalue weighted by atomic mass is 19.4. The molecule has 0 aromatic carbocycles. The number of hydrogen-bond donors (Lipinski definition) is 4. The molecule has 0 aliphatic heterocycles. The van der Waals surface area contributed by atoms with Crippen molar-refractivity contribution in [1.82, 2.24) is 5.43 Å². The Bertz CT molecular complexity index is 165. The molecule has 4 nitrogen and oxygen atoms in total. The minimum absolute atomic E-state index is 0.130. The highest BCUT2D eigenvalue weighted by Gasteiger charge is 2.31. The number of hydrazine groups is 1. The first kappa shape index (κ1) is 11.1. The molecule has 0 aliphatic carbocycles. The third kappa shape index (κ3) is 4.80. The van der Waals surface area contributed by atoms with E-state index >= 15 is 0 Å². The van der Waals surface area contributed by atoms with Crippen molar-refractivity contribution in [2.45, 2.75) is 18.6 Å². The van der Waals surface area contributed by atoms with Gasteiger partial charge in [0.15, 0.2) is 0 Å². The smallest absolute Gasteiger partial charge is 0.390 e. The fourth-order valence-corrected chi connectivity index (χ4v) is 0.570. The van der Waals surface area contributed by atoms with E-state index in [0.717, 1.165) is 6.20 Å². The van der Waals surface area contributed by atoms with E-state index in [0.29, 0.717) is 0 Å². The van der Waals surface area contributed by atoms with Crippen LogP contribution in [0.15, 0.2) is 11.9 Å². The summed E-state index contributed by atoms with van der Waals surface area (Å²) in [5, 5.41) is 0. The summed E-state index contributed by atoms with van der Waals surface area (Å²) in [6, 6.07) is -1.25. The van der Waals surface area contributed by atoms with E-state index in [4.69, 9.17) is 17.3 Å². The van der Waals surface area contributed by atoms with Gasteiger partial charge in [-0.2, -0.15) is 13.2 Å². The fourth-order valence-electron chi connectivity index (χ4n) is 0.570. The van der Waals surface area contributed by atoms with Crippen molar-refractivity contribution >= 4 is 0 Å². The first-order valence-corrected chi connectivity index (χ1v) is 3.11. The number of nitrogens with two attached hydrogens (primary N) is 3. The summed E-state index contributed by atoms with van der Waals surface area (Å²) >= 11 is 0. The Morgan fingerprint density at radius 1 is 1.50 bits per heavy atom. The van der Waals surface area contributed by atoms with Gasteiger partial charge >= 0.3 is 6.18 Å². The van der Waals surface area contributed by atoms with E-state index in [-0.39, 0.29) is 5.70 Å². The summed E-state index contributed by atoms with van der Waals surface area (Å²) in [5.41, 5.74) is 12.1. The molecule has 0 heterocycles. The van der Waals surface area contributed by atoms with Gasteiger partial charge in [-0.25, -0.2) is 0 Å². The van der Waals surface area contributed by atoms with Gasteiger partial charge < -0.3 is 16.9 Å². The van der Waals surface area contributed by atoms with Crippen LogP contribution in [0.5, 0.6) is 0 Å². The van der Waals surface area contributed by atoms with Crippen LogP contribution < -0.4 is 22.7 Å². The molecule has 0 saturated carbocycles. The van der Waals surface area contributed by atoms with Gasteiger partial charge in [0, 0.05) is 11.9 Å². The summed E-state index contributed by atoms with van der Waals surface area (Å²) < 4.78 is 35.1. The third-order valence-electron chi connectivity index (χ3n) is 1.13. The van der Waals surface area contributed by atoms with Crippen molar-refractivity contribution < 1.29 is 13.2 Å². The van der Waals surface area contributed by atoms with Crippen molar-refractivity contribution in [3.8, 4) is 0 Å². The molecule has 0 rings (SSSR count). The van der Waals surface area contributed by atoms with E-state index in [2.05, 4.69) is 0 Å². The van der Waals surface area contributed by atoms with Gasteiger partial charge in [-0.1, -0.05) is 0 Å². The standard InChI is InChI=1S/C5H11F3N4/c6-5(7,8)1-3(9)4(10)2-12-11/h2-3,12H,1,9-11H2/b4-2-. The van der Waals surface area contributed by atoms with Gasteiger partial charge in [-0.3, -0.25) is 5.84 Å². The molecule has 1 unspecified atom stereocenters. The molecule has 0 bridgehead atoms. The van der Waals surface area contributed by atoms with Gasteiger partial charge in [0.05, 0.1) is 12.5 Å². The van der Waals surface area contributed by atoms with Crippen molar-refractivity contribution in [2.75, 3.05) is 0 Å². The van der Waals surface area contributed by atoms with E-state index in [9.17, 15) is 13.2 Å². The number of hydrogen-bond acceptors (Lipinski definition) is 4. The molecule has 0 aromatic heterocycles. The maximum absolute atomic E-state index is 11.7. The van der Waals surface area contributed by atoms with Gasteiger partial charge in [0.2, 0.25) is 0 Å². The van der Waals surface area contributed by atoms with E-state index in [1.165, 1.54) is 0 Å². The largest absolute Gasteiger partial charge is 0.400 e. The number of halogens is 3. The lowest BCUT2D eigenvalue weighted by molar-refractivity contribution is -0.136. The Labute approximate surface area is 67.5 Å². The van der Waals surface area contributed by atoms with Gasteiger partial charge in [0.25, 0.3) is 0 Å². The topological polar surface area (TPSA) is 90.1 Å². The van der Waals surface area contributed by atoms with Crippen molar-refractivity contribution in [3.05, 3.63) is 11.9 Å². The van der Waals surface area contributed by atoms with Crippen LogP contribution in [0.4, 0.5) is 13.2 Å². The molecule has 7 heteroatoms. The number of alkyl halides is 3. The van der Waals surface area contributed by atoms with Crippen LogP contribution in [0.25, 0.3) is 0 Å². The van der Waals surface area contributed by atoms with Crippen LogP contribution in [-0.2, 0) is 0 Å². The van der Waals surface area contributed by atoms with E-state index in [1.807, 2.05) is 5.43 Å². The zero-order chi connectivity index (χ0) is 9.78. The van der Waals surface area contributed by atoms with Crippen LogP contribution in [0.1, 0.15) is 6.42 Å². The van der Waals surface area contributed by atoms with Crippen molar-refractivity contribution in [1.29, 1.82) is 0 Å². The highest BCUT2D eigenvalue weighted by Crippen LogP contribution is 2.21. The van der Waals surface area contributed by atoms with Crippen LogP contribution in [-0.4, -0.2) is 12.2 Å². The lowest BCUT2D eigenvalue weighted by Crippen LogP contribution is -2.34. The van der Waals surface area contributed by atoms with Crippen LogP contribution in [0.3, 0.4) is 0 Å². The Balaban J connectivity index is 4.04. The van der Waals surface area contributed by atoms with Gasteiger partial charge in [-0.15, -0.1) is 0 Å². The minimum atomic E-state index is -4.31. The molecule has 1 atom stereocenters. The number of rotatable bonds is 3. The molecule has 0 amide bonds. The molecule has 12 heavy (non-hydrogen) atoms. The van der Waals surface area contributed by atoms with E-state index in [1.54, 1.807) is 0 Å². The van der Waals surface area contributed by atoms with Crippen LogP contribution >= 0.6 is 0 Å². The lowest BCUT2D eigenvalue weighted by Gasteiger charge is -2.13. The summed E-state index contributed by atoms with van der Waals surface area (Å²) in [5.74, 6) is 4.79. The molecular formula is C5H11F3N4. The van der Waals surface area contributed by atoms with Crippen molar-refractivity contribution in [2.24, 2.45) is 17.3 Å². The molecule has 0 aromatic rings. The Kier molecular flexibility index (Phi) is 3.84. The molecule has 7 N–H and O–H groups in total. The SMILES string of the molecule is NN/C=C(\N)C(N)CC(F)(F)F. The second kappa shape index (κ2) is 4.17. The third-order valence-corrected chi connectivity index (χ3v) is 1.13. The first-order valence-electron chi connectivity index (χ1n) is 3.11. The summed E-state index contributed by atoms with van der Waals surface area (Å²) in [6.07, 6.45) is -4.44. The second-order valence-corrected chi connectivity index (χ2v) is 2.24. The summed E-state index contributed by atoms with van der Waals surface area (Å²) in [6.45, 7) is 0. The molecule has 0 fully saturated rings. The van der Waals surface area contributed by atoms with Crippen LogP contribution in [0, 0.1) is 0 Å². The Morgan fingerprint density at radius 2 is 2.00 bits per heavy atom. The monoisotopic (exact) mass is 184 g/mol.